The lowest BCUT2D eigenvalue weighted by atomic mass is 10.1. The van der Waals surface area contributed by atoms with Crippen molar-refractivity contribution in [2.75, 3.05) is 24.5 Å². The second-order valence-corrected chi connectivity index (χ2v) is 10.0. The van der Waals surface area contributed by atoms with E-state index in [4.69, 9.17) is 23.2 Å². The molecular formula is C25H29Cl2N5O. The van der Waals surface area contributed by atoms with Crippen LogP contribution in [0, 0.1) is 0 Å². The smallest absolute Gasteiger partial charge is 0.221 e. The van der Waals surface area contributed by atoms with Crippen LogP contribution < -0.4 is 15.5 Å². The van der Waals surface area contributed by atoms with Crippen LogP contribution in [0.2, 0.25) is 10.0 Å². The number of amides is 1. The van der Waals surface area contributed by atoms with E-state index in [0.717, 1.165) is 61.2 Å². The van der Waals surface area contributed by atoms with Gasteiger partial charge in [0.1, 0.15) is 0 Å². The predicted molar refractivity (Wildman–Crippen MR) is 134 cm³/mol. The van der Waals surface area contributed by atoms with Crippen LogP contribution in [0.1, 0.15) is 44.2 Å². The maximum atomic E-state index is 12.4. The lowest BCUT2D eigenvalue weighted by molar-refractivity contribution is -0.122. The van der Waals surface area contributed by atoms with Gasteiger partial charge in [-0.05, 0) is 68.6 Å². The molecule has 33 heavy (non-hydrogen) atoms. The number of nitrogens with zero attached hydrogens (tertiary/aromatic N) is 3. The van der Waals surface area contributed by atoms with Crippen molar-refractivity contribution in [3.05, 3.63) is 58.3 Å². The van der Waals surface area contributed by atoms with Crippen LogP contribution in [-0.2, 0) is 4.79 Å². The zero-order valence-electron chi connectivity index (χ0n) is 18.7. The van der Waals surface area contributed by atoms with Crippen LogP contribution in [0.3, 0.4) is 0 Å². The maximum absolute atomic E-state index is 12.4. The minimum atomic E-state index is 0.0184. The summed E-state index contributed by atoms with van der Waals surface area (Å²) in [6.07, 6.45) is 5.66. The summed E-state index contributed by atoms with van der Waals surface area (Å²) in [6, 6.07) is 12.5. The van der Waals surface area contributed by atoms with Gasteiger partial charge in [-0.2, -0.15) is 0 Å². The summed E-state index contributed by atoms with van der Waals surface area (Å²) in [5.74, 6) is 0.156. The molecule has 174 valence electrons. The van der Waals surface area contributed by atoms with Gasteiger partial charge in [0.15, 0.2) is 0 Å². The van der Waals surface area contributed by atoms with E-state index < -0.39 is 0 Å². The molecule has 3 atom stereocenters. The van der Waals surface area contributed by atoms with Crippen LogP contribution in [-0.4, -0.2) is 47.2 Å². The Balaban J connectivity index is 1.30. The molecule has 6 nitrogen and oxygen atoms in total. The molecule has 0 radical (unpaired) electrons. The van der Waals surface area contributed by atoms with Gasteiger partial charge < -0.3 is 20.1 Å². The first kappa shape index (κ1) is 22.5. The molecule has 2 unspecified atom stereocenters. The molecule has 1 aromatic heterocycles. The van der Waals surface area contributed by atoms with E-state index in [1.54, 1.807) is 6.07 Å². The highest BCUT2D eigenvalue weighted by Crippen LogP contribution is 2.32. The summed E-state index contributed by atoms with van der Waals surface area (Å²) in [6.45, 7) is 4.88. The molecule has 2 N–H and O–H groups in total. The van der Waals surface area contributed by atoms with E-state index in [1.165, 1.54) is 0 Å². The number of benzene rings is 2. The summed E-state index contributed by atoms with van der Waals surface area (Å²) < 4.78 is 2.15. The van der Waals surface area contributed by atoms with Gasteiger partial charge >= 0.3 is 0 Å². The average Bonchev–Trinajstić information content (AvgIpc) is 3.54. The number of halogens is 2. The van der Waals surface area contributed by atoms with Crippen molar-refractivity contribution >= 4 is 45.8 Å². The average molecular weight is 486 g/mol. The molecule has 8 heteroatoms. The van der Waals surface area contributed by atoms with Gasteiger partial charge in [-0.25, -0.2) is 4.98 Å². The fourth-order valence-corrected chi connectivity index (χ4v) is 5.63. The number of carbonyl (C=O) groups is 1. The van der Waals surface area contributed by atoms with Crippen molar-refractivity contribution in [3.63, 3.8) is 0 Å². The topological polar surface area (TPSA) is 62.2 Å². The Bertz CT molecular complexity index is 1160. The van der Waals surface area contributed by atoms with Crippen molar-refractivity contribution < 1.29 is 4.79 Å². The maximum Gasteiger partial charge on any atom is 0.221 e. The number of fused-ring (bicyclic) bond motifs is 1. The molecule has 0 spiro atoms. The number of aromatic nitrogens is 2. The zero-order chi connectivity index (χ0) is 22.9. The van der Waals surface area contributed by atoms with Gasteiger partial charge in [-0.15, -0.1) is 0 Å². The molecule has 1 amide bonds. The lowest BCUT2D eigenvalue weighted by Crippen LogP contribution is -2.39. The third-order valence-electron chi connectivity index (χ3n) is 6.90. The third kappa shape index (κ3) is 4.84. The summed E-state index contributed by atoms with van der Waals surface area (Å²) in [5.41, 5.74) is 4.16. The second kappa shape index (κ2) is 9.53. The highest BCUT2D eigenvalue weighted by Gasteiger charge is 2.26. The molecule has 0 bridgehead atoms. The number of nitrogens with one attached hydrogen (secondary N) is 2. The molecule has 3 aromatic rings. The molecule has 0 saturated carbocycles. The Morgan fingerprint density at radius 1 is 1.24 bits per heavy atom. The monoisotopic (exact) mass is 485 g/mol. The number of rotatable bonds is 6. The van der Waals surface area contributed by atoms with Crippen molar-refractivity contribution in [1.82, 2.24) is 20.2 Å². The Morgan fingerprint density at radius 2 is 2.12 bits per heavy atom. The van der Waals surface area contributed by atoms with Gasteiger partial charge in [0.2, 0.25) is 5.91 Å². The van der Waals surface area contributed by atoms with Crippen molar-refractivity contribution in [1.29, 1.82) is 0 Å². The van der Waals surface area contributed by atoms with E-state index in [2.05, 4.69) is 50.2 Å². The van der Waals surface area contributed by atoms with E-state index in [1.807, 2.05) is 18.5 Å². The molecule has 0 aliphatic carbocycles. The van der Waals surface area contributed by atoms with Crippen LogP contribution in [0.4, 0.5) is 5.69 Å². The van der Waals surface area contributed by atoms with Crippen molar-refractivity contribution in [2.45, 2.75) is 50.7 Å². The van der Waals surface area contributed by atoms with Crippen LogP contribution >= 0.6 is 23.2 Å². The quantitative estimate of drug-likeness (QED) is 0.526. The molecule has 3 heterocycles. The van der Waals surface area contributed by atoms with Gasteiger partial charge in [0.05, 0.1) is 23.4 Å². The highest BCUT2D eigenvalue weighted by molar-refractivity contribution is 6.35. The number of hydrogen-bond acceptors (Lipinski definition) is 4. The van der Waals surface area contributed by atoms with Crippen molar-refractivity contribution in [3.8, 4) is 0 Å². The molecule has 2 saturated heterocycles. The summed E-state index contributed by atoms with van der Waals surface area (Å²) in [4.78, 5) is 19.4. The van der Waals surface area contributed by atoms with E-state index in [9.17, 15) is 4.79 Å². The van der Waals surface area contributed by atoms with Crippen LogP contribution in [0.5, 0.6) is 0 Å². The molecule has 2 aromatic carbocycles. The first-order chi connectivity index (χ1) is 16.0. The molecule has 5 rings (SSSR count). The number of carbonyl (C=O) groups excluding carboxylic acids is 1. The Hall–Kier alpha value is -2.28. The SMILES string of the molecule is CC(c1ccc(Cl)cc1Cl)n1cnc2ccc(N3CCC(NC(=O)C[C@H]4CCCN4)C3)cc21. The highest BCUT2D eigenvalue weighted by atomic mass is 35.5. The van der Waals surface area contributed by atoms with E-state index in [0.29, 0.717) is 22.5 Å². The van der Waals surface area contributed by atoms with Gasteiger partial charge in [0.25, 0.3) is 0 Å². The van der Waals surface area contributed by atoms with Gasteiger partial charge in [0, 0.05) is 47.3 Å². The third-order valence-corrected chi connectivity index (χ3v) is 7.46. The fraction of sp³-hybridized carbons (Fsp3) is 0.440. The summed E-state index contributed by atoms with van der Waals surface area (Å²) >= 11 is 12.6. The minimum absolute atomic E-state index is 0.0184. The van der Waals surface area contributed by atoms with Crippen LogP contribution in [0.15, 0.2) is 42.7 Å². The van der Waals surface area contributed by atoms with Crippen molar-refractivity contribution in [2.24, 2.45) is 0 Å². The second-order valence-electron chi connectivity index (χ2n) is 9.16. The zero-order valence-corrected chi connectivity index (χ0v) is 20.2. The van der Waals surface area contributed by atoms with Gasteiger partial charge in [-0.3, -0.25) is 4.79 Å². The van der Waals surface area contributed by atoms with E-state index in [-0.39, 0.29) is 18.0 Å². The Labute approximate surface area is 204 Å². The predicted octanol–water partition coefficient (Wildman–Crippen LogP) is 4.79. The number of anilines is 1. The standard InChI is InChI=1S/C25H29Cl2N5O/c1-16(21-6-4-17(26)11-22(21)27)32-15-29-23-7-5-20(13-24(23)32)31-10-8-19(14-31)30-25(33)12-18-3-2-9-28-18/h4-7,11,13,15-16,18-19,28H,2-3,8-10,12,14H2,1H3,(H,30,33)/t16?,18-,19?/m1/s1. The minimum Gasteiger partial charge on any atom is -0.369 e. The summed E-state index contributed by atoms with van der Waals surface area (Å²) in [5, 5.41) is 7.92. The largest absolute Gasteiger partial charge is 0.369 e. The fourth-order valence-electron chi connectivity index (χ4n) is 5.06. The first-order valence-electron chi connectivity index (χ1n) is 11.7. The van der Waals surface area contributed by atoms with Crippen LogP contribution in [0.25, 0.3) is 11.0 Å². The lowest BCUT2D eigenvalue weighted by Gasteiger charge is -2.21. The molecule has 2 fully saturated rings. The molecule has 2 aliphatic heterocycles. The van der Waals surface area contributed by atoms with Gasteiger partial charge in [-0.1, -0.05) is 29.3 Å². The summed E-state index contributed by atoms with van der Waals surface area (Å²) in [7, 11) is 0. The number of hydrogen-bond donors (Lipinski definition) is 2. The molecule has 2 aliphatic rings. The molecular weight excluding hydrogens is 457 g/mol. The number of imidazole rings is 1. The van der Waals surface area contributed by atoms with E-state index >= 15 is 0 Å². The Morgan fingerprint density at radius 3 is 2.91 bits per heavy atom. The Kier molecular flexibility index (Phi) is 6.50. The normalized spacial score (nSPS) is 21.6. The first-order valence-corrected chi connectivity index (χ1v) is 12.4.